The molecular weight excluding hydrogens is 222 g/mol. The van der Waals surface area contributed by atoms with Gasteiger partial charge < -0.3 is 10.5 Å². The molecular formula is C16H27NO. The Balaban J connectivity index is 2.56. The largest absolute Gasteiger partial charge is 0.496 e. The van der Waals surface area contributed by atoms with Crippen LogP contribution in [0.5, 0.6) is 5.75 Å². The topological polar surface area (TPSA) is 35.2 Å². The molecule has 0 fully saturated rings. The van der Waals surface area contributed by atoms with Crippen LogP contribution in [0.25, 0.3) is 0 Å². The van der Waals surface area contributed by atoms with E-state index >= 15 is 0 Å². The number of rotatable bonds is 6. The van der Waals surface area contributed by atoms with Crippen LogP contribution < -0.4 is 10.5 Å². The third-order valence-electron chi connectivity index (χ3n) is 3.59. The predicted octanol–water partition coefficient (Wildman–Crippen LogP) is 3.76. The van der Waals surface area contributed by atoms with Crippen LogP contribution in [0.15, 0.2) is 12.1 Å². The van der Waals surface area contributed by atoms with Gasteiger partial charge in [0.1, 0.15) is 5.75 Å². The summed E-state index contributed by atoms with van der Waals surface area (Å²) in [5.74, 6) is 0.986. The number of hydrogen-bond acceptors (Lipinski definition) is 2. The highest BCUT2D eigenvalue weighted by Crippen LogP contribution is 2.25. The maximum absolute atomic E-state index is 5.99. The second-order valence-electron chi connectivity index (χ2n) is 5.87. The third kappa shape index (κ3) is 4.34. The van der Waals surface area contributed by atoms with Gasteiger partial charge in [0.05, 0.1) is 7.11 Å². The van der Waals surface area contributed by atoms with Crippen LogP contribution in [0, 0.1) is 13.8 Å². The quantitative estimate of drug-likeness (QED) is 0.779. The van der Waals surface area contributed by atoms with Crippen molar-refractivity contribution in [2.75, 3.05) is 7.11 Å². The zero-order chi connectivity index (χ0) is 13.8. The van der Waals surface area contributed by atoms with Crippen LogP contribution in [0.4, 0.5) is 0 Å². The van der Waals surface area contributed by atoms with E-state index in [0.29, 0.717) is 0 Å². The summed E-state index contributed by atoms with van der Waals surface area (Å²) in [4.78, 5) is 0. The van der Waals surface area contributed by atoms with Crippen LogP contribution in [0.1, 0.15) is 49.8 Å². The van der Waals surface area contributed by atoms with E-state index in [-0.39, 0.29) is 5.54 Å². The molecule has 1 aromatic rings. The van der Waals surface area contributed by atoms with Gasteiger partial charge >= 0.3 is 0 Å². The molecule has 0 spiro atoms. The molecule has 0 aliphatic carbocycles. The molecule has 2 heteroatoms. The second kappa shape index (κ2) is 6.24. The van der Waals surface area contributed by atoms with E-state index in [1.807, 2.05) is 0 Å². The molecule has 18 heavy (non-hydrogen) atoms. The minimum absolute atomic E-state index is 0.0368. The molecule has 0 bridgehead atoms. The molecule has 0 unspecified atom stereocenters. The number of methoxy groups -OCH3 is 1. The Morgan fingerprint density at radius 1 is 1.11 bits per heavy atom. The van der Waals surface area contributed by atoms with E-state index in [0.717, 1.165) is 18.6 Å². The van der Waals surface area contributed by atoms with Gasteiger partial charge in [0.15, 0.2) is 0 Å². The maximum Gasteiger partial charge on any atom is 0.122 e. The average Bonchev–Trinajstić information content (AvgIpc) is 2.28. The van der Waals surface area contributed by atoms with Gasteiger partial charge in [-0.05, 0) is 69.7 Å². The summed E-state index contributed by atoms with van der Waals surface area (Å²) in [5.41, 5.74) is 10.0. The summed E-state index contributed by atoms with van der Waals surface area (Å²) >= 11 is 0. The van der Waals surface area contributed by atoms with Gasteiger partial charge in [0.2, 0.25) is 0 Å². The summed E-state index contributed by atoms with van der Waals surface area (Å²) < 4.78 is 5.33. The normalized spacial score (nSPS) is 11.7. The van der Waals surface area contributed by atoms with Crippen LogP contribution in [0.2, 0.25) is 0 Å². The summed E-state index contributed by atoms with van der Waals surface area (Å²) in [5, 5.41) is 0. The summed E-state index contributed by atoms with van der Waals surface area (Å²) in [7, 11) is 1.73. The first-order valence-corrected chi connectivity index (χ1v) is 6.77. The Morgan fingerprint density at radius 2 is 1.78 bits per heavy atom. The van der Waals surface area contributed by atoms with E-state index in [4.69, 9.17) is 10.5 Å². The van der Waals surface area contributed by atoms with Crippen molar-refractivity contribution in [2.24, 2.45) is 5.73 Å². The highest BCUT2D eigenvalue weighted by molar-refractivity contribution is 5.43. The zero-order valence-corrected chi connectivity index (χ0v) is 12.5. The van der Waals surface area contributed by atoms with Crippen molar-refractivity contribution < 1.29 is 4.74 Å². The highest BCUT2D eigenvalue weighted by atomic mass is 16.5. The molecule has 0 aromatic heterocycles. The van der Waals surface area contributed by atoms with Gasteiger partial charge in [0.25, 0.3) is 0 Å². The van der Waals surface area contributed by atoms with Crippen molar-refractivity contribution in [2.45, 2.75) is 58.9 Å². The monoisotopic (exact) mass is 249 g/mol. The number of hydrogen-bond donors (Lipinski definition) is 1. The van der Waals surface area contributed by atoms with Crippen molar-refractivity contribution in [1.29, 1.82) is 0 Å². The van der Waals surface area contributed by atoms with Crippen molar-refractivity contribution in [3.8, 4) is 5.75 Å². The Bertz CT molecular complexity index is 391. The number of unbranched alkanes of at least 4 members (excludes halogenated alkanes) is 1. The van der Waals surface area contributed by atoms with E-state index in [1.165, 1.54) is 29.5 Å². The first-order valence-electron chi connectivity index (χ1n) is 6.77. The van der Waals surface area contributed by atoms with Gasteiger partial charge in [-0.2, -0.15) is 0 Å². The minimum atomic E-state index is -0.0368. The number of benzene rings is 1. The van der Waals surface area contributed by atoms with Crippen molar-refractivity contribution >= 4 is 0 Å². The van der Waals surface area contributed by atoms with Crippen LogP contribution in [0.3, 0.4) is 0 Å². The van der Waals surface area contributed by atoms with Crippen molar-refractivity contribution in [1.82, 2.24) is 0 Å². The van der Waals surface area contributed by atoms with E-state index in [9.17, 15) is 0 Å². The number of aryl methyl sites for hydroxylation is 1. The molecule has 0 heterocycles. The SMILES string of the molecule is COc1ccc(CCCCC(C)(C)N)c(C)c1C. The summed E-state index contributed by atoms with van der Waals surface area (Å²) in [6.45, 7) is 8.49. The van der Waals surface area contributed by atoms with E-state index in [2.05, 4.69) is 39.8 Å². The smallest absolute Gasteiger partial charge is 0.122 e. The lowest BCUT2D eigenvalue weighted by atomic mass is 9.94. The molecule has 2 nitrogen and oxygen atoms in total. The molecule has 1 rings (SSSR count). The Morgan fingerprint density at radius 3 is 2.33 bits per heavy atom. The maximum atomic E-state index is 5.99. The highest BCUT2D eigenvalue weighted by Gasteiger charge is 2.10. The molecule has 0 aliphatic rings. The molecule has 0 saturated heterocycles. The lowest BCUT2D eigenvalue weighted by molar-refractivity contribution is 0.411. The third-order valence-corrected chi connectivity index (χ3v) is 3.59. The lowest BCUT2D eigenvalue weighted by Gasteiger charge is -2.18. The molecule has 0 atom stereocenters. The molecule has 2 N–H and O–H groups in total. The Kier molecular flexibility index (Phi) is 5.21. The second-order valence-corrected chi connectivity index (χ2v) is 5.87. The van der Waals surface area contributed by atoms with Crippen LogP contribution >= 0.6 is 0 Å². The number of ether oxygens (including phenoxy) is 1. The Hall–Kier alpha value is -1.02. The molecule has 0 amide bonds. The standard InChI is InChI=1S/C16H27NO/c1-12-13(2)15(18-5)10-9-14(12)8-6-7-11-16(3,4)17/h9-10H,6-8,11,17H2,1-5H3. The van der Waals surface area contributed by atoms with Gasteiger partial charge in [0, 0.05) is 5.54 Å². The fraction of sp³-hybridized carbons (Fsp3) is 0.625. The number of nitrogens with two attached hydrogens (primary N) is 1. The predicted molar refractivity (Wildman–Crippen MR) is 78.3 cm³/mol. The molecule has 0 aliphatic heterocycles. The molecule has 0 radical (unpaired) electrons. The zero-order valence-electron chi connectivity index (χ0n) is 12.5. The molecule has 102 valence electrons. The van der Waals surface area contributed by atoms with Crippen LogP contribution in [-0.2, 0) is 6.42 Å². The molecule has 1 aromatic carbocycles. The molecule has 0 saturated carbocycles. The van der Waals surface area contributed by atoms with Crippen molar-refractivity contribution in [3.63, 3.8) is 0 Å². The first kappa shape index (κ1) is 15.0. The minimum Gasteiger partial charge on any atom is -0.496 e. The first-order chi connectivity index (χ1) is 8.35. The van der Waals surface area contributed by atoms with E-state index < -0.39 is 0 Å². The van der Waals surface area contributed by atoms with E-state index in [1.54, 1.807) is 7.11 Å². The fourth-order valence-electron chi connectivity index (χ4n) is 2.24. The van der Waals surface area contributed by atoms with Gasteiger partial charge in [-0.25, -0.2) is 0 Å². The summed E-state index contributed by atoms with van der Waals surface area (Å²) in [6, 6.07) is 4.26. The lowest BCUT2D eigenvalue weighted by Crippen LogP contribution is -2.31. The van der Waals surface area contributed by atoms with Gasteiger partial charge in [-0.3, -0.25) is 0 Å². The fourth-order valence-corrected chi connectivity index (χ4v) is 2.24. The average molecular weight is 249 g/mol. The van der Waals surface area contributed by atoms with Gasteiger partial charge in [-0.15, -0.1) is 0 Å². The van der Waals surface area contributed by atoms with Crippen molar-refractivity contribution in [3.05, 3.63) is 28.8 Å². The van der Waals surface area contributed by atoms with Gasteiger partial charge in [-0.1, -0.05) is 12.5 Å². The summed E-state index contributed by atoms with van der Waals surface area (Å²) in [6.07, 6.45) is 4.61. The van der Waals surface area contributed by atoms with Crippen LogP contribution in [-0.4, -0.2) is 12.6 Å². The Labute approximate surface area is 112 Å².